The molecule has 3 aromatic carbocycles. The zero-order valence-corrected chi connectivity index (χ0v) is 24.5. The molecular formula is C34H31FN4O5. The lowest BCUT2D eigenvalue weighted by molar-refractivity contribution is -0.0708. The monoisotopic (exact) mass is 594 g/mol. The van der Waals surface area contributed by atoms with Crippen LogP contribution in [0.25, 0.3) is 16.6 Å². The quantitative estimate of drug-likeness (QED) is 0.257. The van der Waals surface area contributed by atoms with Gasteiger partial charge in [-0.3, -0.25) is 4.90 Å². The van der Waals surface area contributed by atoms with Crippen molar-refractivity contribution < 1.29 is 28.1 Å². The Hall–Kier alpha value is -4.72. The zero-order valence-electron chi connectivity index (χ0n) is 24.5. The van der Waals surface area contributed by atoms with E-state index in [4.69, 9.17) is 29.2 Å². The average molecular weight is 595 g/mol. The summed E-state index contributed by atoms with van der Waals surface area (Å²) in [6.45, 7) is 5.28. The first kappa shape index (κ1) is 28.1. The van der Waals surface area contributed by atoms with Crippen molar-refractivity contribution >= 4 is 22.6 Å². The van der Waals surface area contributed by atoms with Crippen LogP contribution in [0.5, 0.6) is 11.5 Å². The maximum absolute atomic E-state index is 14.9. The number of nitrogens with zero attached hydrogens (tertiary/aromatic N) is 4. The molecule has 9 nitrogen and oxygen atoms in total. The van der Waals surface area contributed by atoms with Crippen molar-refractivity contribution in [2.24, 2.45) is 0 Å². The number of esters is 1. The first-order valence-electron chi connectivity index (χ1n) is 14.7. The van der Waals surface area contributed by atoms with Gasteiger partial charge >= 0.3 is 5.97 Å². The predicted octanol–water partition coefficient (Wildman–Crippen LogP) is 5.56. The van der Waals surface area contributed by atoms with Crippen molar-refractivity contribution in [3.63, 3.8) is 0 Å². The molecule has 10 heteroatoms. The highest BCUT2D eigenvalue weighted by Crippen LogP contribution is 2.49. The molecule has 0 N–H and O–H groups in total. The number of ether oxygens (including phenoxy) is 4. The summed E-state index contributed by atoms with van der Waals surface area (Å²) in [6, 6.07) is 17.5. The maximum Gasteiger partial charge on any atom is 0.337 e. The van der Waals surface area contributed by atoms with E-state index in [9.17, 15) is 9.18 Å². The normalized spacial score (nSPS) is 21.0. The number of benzene rings is 3. The van der Waals surface area contributed by atoms with Gasteiger partial charge in [-0.05, 0) is 60.9 Å². The first-order valence-corrected chi connectivity index (χ1v) is 14.7. The third-order valence-corrected chi connectivity index (χ3v) is 8.60. The Morgan fingerprint density at radius 1 is 1.20 bits per heavy atom. The van der Waals surface area contributed by atoms with E-state index < -0.39 is 11.6 Å². The fourth-order valence-corrected chi connectivity index (χ4v) is 6.12. The number of aromatic nitrogens is 2. The van der Waals surface area contributed by atoms with Crippen molar-refractivity contribution in [2.75, 3.05) is 26.8 Å². The summed E-state index contributed by atoms with van der Waals surface area (Å²) in [5.41, 5.74) is 4.74. The summed E-state index contributed by atoms with van der Waals surface area (Å²) in [6.07, 6.45) is 4.10. The molecule has 224 valence electrons. The van der Waals surface area contributed by atoms with Gasteiger partial charge in [-0.15, -0.1) is 0 Å². The minimum absolute atomic E-state index is 0.131. The number of hydrogen-bond donors (Lipinski definition) is 0. The van der Waals surface area contributed by atoms with E-state index in [1.54, 1.807) is 19.1 Å². The molecule has 0 radical (unpaired) electrons. The Kier molecular flexibility index (Phi) is 7.07. The smallest absolute Gasteiger partial charge is 0.337 e. The zero-order chi connectivity index (χ0) is 30.4. The third-order valence-electron chi connectivity index (χ3n) is 8.60. The number of hydrogen-bond acceptors (Lipinski definition) is 8. The molecule has 1 fully saturated rings. The molecule has 3 aliphatic rings. The number of rotatable bonds is 7. The van der Waals surface area contributed by atoms with E-state index in [-0.39, 0.29) is 23.2 Å². The van der Waals surface area contributed by atoms with Gasteiger partial charge in [0.2, 0.25) is 0 Å². The van der Waals surface area contributed by atoms with E-state index in [0.29, 0.717) is 36.7 Å². The summed E-state index contributed by atoms with van der Waals surface area (Å²) in [4.78, 5) is 19.5. The number of carbonyl (C=O) groups is 1. The number of imidazole rings is 1. The van der Waals surface area contributed by atoms with E-state index in [0.717, 1.165) is 54.0 Å². The Morgan fingerprint density at radius 3 is 2.77 bits per heavy atom. The van der Waals surface area contributed by atoms with Gasteiger partial charge in [0.1, 0.15) is 11.6 Å². The summed E-state index contributed by atoms with van der Waals surface area (Å²) in [5.74, 6) is -0.220. The summed E-state index contributed by atoms with van der Waals surface area (Å²) in [5, 5.41) is 9.12. The van der Waals surface area contributed by atoms with Crippen molar-refractivity contribution in [3.8, 4) is 17.6 Å². The Morgan fingerprint density at radius 2 is 2.07 bits per heavy atom. The first-order chi connectivity index (χ1) is 21.3. The van der Waals surface area contributed by atoms with E-state index in [1.807, 2.05) is 36.4 Å². The fraction of sp³-hybridized carbons (Fsp3) is 0.324. The van der Waals surface area contributed by atoms with Gasteiger partial charge in [0, 0.05) is 32.2 Å². The molecule has 4 heterocycles. The highest BCUT2D eigenvalue weighted by atomic mass is 19.1. The van der Waals surface area contributed by atoms with Crippen LogP contribution in [-0.2, 0) is 28.4 Å². The van der Waals surface area contributed by atoms with Crippen LogP contribution in [0.3, 0.4) is 0 Å². The second kappa shape index (κ2) is 11.1. The third kappa shape index (κ3) is 4.98. The lowest BCUT2D eigenvalue weighted by atomic mass is 9.98. The van der Waals surface area contributed by atoms with Gasteiger partial charge in [0.05, 0.1) is 60.1 Å². The molecule has 3 aliphatic heterocycles. The molecule has 1 saturated heterocycles. The van der Waals surface area contributed by atoms with E-state index in [1.165, 1.54) is 19.2 Å². The predicted molar refractivity (Wildman–Crippen MR) is 159 cm³/mol. The number of halogens is 1. The van der Waals surface area contributed by atoms with Gasteiger partial charge in [0.25, 0.3) is 5.79 Å². The van der Waals surface area contributed by atoms with Gasteiger partial charge in [-0.25, -0.2) is 14.2 Å². The number of nitriles is 1. The molecule has 2 unspecified atom stereocenters. The van der Waals surface area contributed by atoms with Crippen molar-refractivity contribution in [1.82, 2.24) is 14.5 Å². The molecule has 0 amide bonds. The summed E-state index contributed by atoms with van der Waals surface area (Å²) in [7, 11) is 1.38. The van der Waals surface area contributed by atoms with Crippen molar-refractivity contribution in [2.45, 2.75) is 44.7 Å². The average Bonchev–Trinajstić information content (AvgIpc) is 3.54. The van der Waals surface area contributed by atoms with Gasteiger partial charge in [-0.2, -0.15) is 5.26 Å². The highest BCUT2D eigenvalue weighted by molar-refractivity contribution is 5.93. The van der Waals surface area contributed by atoms with Crippen molar-refractivity contribution in [1.29, 1.82) is 5.26 Å². The van der Waals surface area contributed by atoms with Crippen LogP contribution < -0.4 is 9.47 Å². The molecular weight excluding hydrogens is 563 g/mol. The van der Waals surface area contributed by atoms with Crippen LogP contribution in [0.2, 0.25) is 0 Å². The Bertz CT molecular complexity index is 1860. The fourth-order valence-electron chi connectivity index (χ4n) is 6.12. The van der Waals surface area contributed by atoms with Crippen LogP contribution in [-0.4, -0.2) is 53.3 Å². The number of para-hydroxylation sites is 1. The van der Waals surface area contributed by atoms with Crippen LogP contribution in [0, 0.1) is 17.1 Å². The number of fused-ring (bicyclic) bond motifs is 2. The van der Waals surface area contributed by atoms with Gasteiger partial charge in [-0.1, -0.05) is 18.2 Å². The molecule has 2 atom stereocenters. The molecule has 1 aromatic heterocycles. The van der Waals surface area contributed by atoms with Crippen LogP contribution in [0.1, 0.15) is 52.6 Å². The summed E-state index contributed by atoms with van der Waals surface area (Å²) < 4.78 is 40.2. The lowest BCUT2D eigenvalue weighted by Gasteiger charge is -2.29. The molecule has 7 rings (SSSR count). The number of carbonyl (C=O) groups excluding carboxylic acids is 1. The largest absolute Gasteiger partial charge is 0.465 e. The highest BCUT2D eigenvalue weighted by Gasteiger charge is 2.42. The lowest BCUT2D eigenvalue weighted by Crippen LogP contribution is -2.34. The van der Waals surface area contributed by atoms with Crippen LogP contribution in [0.4, 0.5) is 4.39 Å². The molecule has 44 heavy (non-hydrogen) atoms. The van der Waals surface area contributed by atoms with Crippen LogP contribution >= 0.6 is 0 Å². The number of methoxy groups -OCH3 is 1. The Labute approximate surface area is 254 Å². The SMILES string of the molecule is COC(=O)c1ccc2nc(CN3CC=C(c4cccc5c4OC(C)(c4ccc(C#N)cc4F)O5)CC3)n(CC3CCO3)c2c1. The molecule has 4 aromatic rings. The molecule has 0 bridgehead atoms. The second-order valence-electron chi connectivity index (χ2n) is 11.4. The minimum Gasteiger partial charge on any atom is -0.465 e. The van der Waals surface area contributed by atoms with E-state index in [2.05, 4.69) is 15.5 Å². The molecule has 0 saturated carbocycles. The van der Waals surface area contributed by atoms with Crippen LogP contribution in [0.15, 0.2) is 60.7 Å². The van der Waals surface area contributed by atoms with E-state index >= 15 is 0 Å². The maximum atomic E-state index is 14.9. The van der Waals surface area contributed by atoms with Gasteiger partial charge < -0.3 is 23.5 Å². The van der Waals surface area contributed by atoms with Crippen molar-refractivity contribution in [3.05, 3.63) is 94.6 Å². The van der Waals surface area contributed by atoms with Gasteiger partial charge in [0.15, 0.2) is 11.5 Å². The molecule has 0 spiro atoms. The second-order valence-corrected chi connectivity index (χ2v) is 11.4. The minimum atomic E-state index is -1.35. The molecule has 0 aliphatic carbocycles. The summed E-state index contributed by atoms with van der Waals surface area (Å²) >= 11 is 0. The topological polar surface area (TPSA) is 98.8 Å². The standard InChI is InChI=1S/C34H31FN4O5/c1-34(26-8-6-21(18-36)16-27(26)35)43-30-5-3-4-25(32(30)44-34)22-10-13-38(14-11-22)20-31-37-28-9-7-23(33(40)41-2)17-29(28)39(31)19-24-12-15-42-24/h3-10,16-17,24H,11-15,19-20H2,1-2H3. The Balaban J connectivity index is 1.12.